The van der Waals surface area contributed by atoms with E-state index in [1.165, 1.54) is 14.2 Å². The van der Waals surface area contributed by atoms with Crippen molar-refractivity contribution in [3.63, 3.8) is 0 Å². The van der Waals surface area contributed by atoms with E-state index in [2.05, 4.69) is 26.6 Å². The first-order valence-electron chi connectivity index (χ1n) is 7.88. The molecule has 0 bridgehead atoms. The molecular weight excluding hydrogens is 392 g/mol. The number of hydrogen-bond donors (Lipinski definition) is 3. The second-order valence-corrected chi connectivity index (χ2v) is 6.33. The number of benzene rings is 1. The van der Waals surface area contributed by atoms with Crippen molar-refractivity contribution in [2.24, 2.45) is 0 Å². The quantitative estimate of drug-likeness (QED) is 0.623. The summed E-state index contributed by atoms with van der Waals surface area (Å²) < 4.78 is 10.3. The molecule has 1 atom stereocenters. The highest BCUT2D eigenvalue weighted by Crippen LogP contribution is 2.42. The van der Waals surface area contributed by atoms with Gasteiger partial charge < -0.3 is 25.2 Å². The van der Waals surface area contributed by atoms with Crippen LogP contribution in [0.5, 0.6) is 11.5 Å². The molecule has 7 nitrogen and oxygen atoms in total. The zero-order chi connectivity index (χ0) is 18.6. The first-order chi connectivity index (χ1) is 11.9. The number of halogens is 1. The van der Waals surface area contributed by atoms with Crippen LogP contribution in [-0.2, 0) is 9.53 Å². The lowest BCUT2D eigenvalue weighted by atomic mass is 9.93. The summed E-state index contributed by atoms with van der Waals surface area (Å²) in [6, 6.07) is 2.09. The van der Waals surface area contributed by atoms with Crippen molar-refractivity contribution in [2.45, 2.75) is 32.2 Å². The summed E-state index contributed by atoms with van der Waals surface area (Å²) in [6.45, 7) is 2.02. The van der Waals surface area contributed by atoms with Gasteiger partial charge in [-0.05, 0) is 40.4 Å². The van der Waals surface area contributed by atoms with Gasteiger partial charge in [0.1, 0.15) is 0 Å². The number of rotatable bonds is 6. The smallest absolute Gasteiger partial charge is 0.337 e. The average Bonchev–Trinajstić information content (AvgIpc) is 2.61. The van der Waals surface area contributed by atoms with Crippen LogP contribution < -0.4 is 15.4 Å². The number of amides is 2. The Morgan fingerprint density at radius 1 is 1.36 bits per heavy atom. The van der Waals surface area contributed by atoms with Gasteiger partial charge in [0.2, 0.25) is 0 Å². The number of esters is 1. The number of aromatic hydroxyl groups is 1. The number of allylic oxidation sites excluding steroid dienone is 1. The fourth-order valence-electron chi connectivity index (χ4n) is 2.70. The Morgan fingerprint density at radius 2 is 2.08 bits per heavy atom. The lowest BCUT2D eigenvalue weighted by molar-refractivity contribution is -0.136. The van der Waals surface area contributed by atoms with Gasteiger partial charge in [-0.25, -0.2) is 9.59 Å². The zero-order valence-electron chi connectivity index (χ0n) is 14.3. The van der Waals surface area contributed by atoms with E-state index in [0.29, 0.717) is 27.7 Å². The Labute approximate surface area is 154 Å². The van der Waals surface area contributed by atoms with Crippen LogP contribution in [0.25, 0.3) is 0 Å². The lowest BCUT2D eigenvalue weighted by Gasteiger charge is -2.30. The van der Waals surface area contributed by atoms with Crippen LogP contribution in [0.3, 0.4) is 0 Å². The normalized spacial score (nSPS) is 17.0. The summed E-state index contributed by atoms with van der Waals surface area (Å²) in [5, 5.41) is 15.7. The van der Waals surface area contributed by atoms with E-state index in [1.807, 2.05) is 6.92 Å². The Hall–Kier alpha value is -2.22. The summed E-state index contributed by atoms with van der Waals surface area (Å²) in [5.74, 6) is -0.358. The van der Waals surface area contributed by atoms with Crippen molar-refractivity contribution in [1.29, 1.82) is 0 Å². The SMILES string of the molecule is CCCCC1=C(C(=O)OC)C(c2ccc(OC)c(O)c2Br)NC(=O)N1. The van der Waals surface area contributed by atoms with Crippen LogP contribution in [0.15, 0.2) is 27.9 Å². The Balaban J connectivity index is 2.58. The molecule has 136 valence electrons. The molecule has 8 heteroatoms. The van der Waals surface area contributed by atoms with Gasteiger partial charge in [0.05, 0.1) is 30.3 Å². The number of unbranched alkanes of at least 4 members (excludes halogenated alkanes) is 1. The molecule has 0 spiro atoms. The third-order valence-corrected chi connectivity index (χ3v) is 4.81. The van der Waals surface area contributed by atoms with E-state index in [-0.39, 0.29) is 11.5 Å². The molecule has 1 heterocycles. The summed E-state index contributed by atoms with van der Waals surface area (Å²) in [4.78, 5) is 24.5. The number of hydrogen-bond acceptors (Lipinski definition) is 5. The van der Waals surface area contributed by atoms with Crippen molar-refractivity contribution >= 4 is 27.9 Å². The Bertz CT molecular complexity index is 717. The maximum atomic E-state index is 12.4. The largest absolute Gasteiger partial charge is 0.503 e. The van der Waals surface area contributed by atoms with E-state index < -0.39 is 18.0 Å². The van der Waals surface area contributed by atoms with Gasteiger partial charge >= 0.3 is 12.0 Å². The molecule has 25 heavy (non-hydrogen) atoms. The van der Waals surface area contributed by atoms with Crippen molar-refractivity contribution in [3.05, 3.63) is 33.4 Å². The van der Waals surface area contributed by atoms with E-state index in [0.717, 1.165) is 12.8 Å². The standard InChI is InChI=1S/C17H21BrN2O5/c1-4-5-6-10-12(16(22)25-3)14(20-17(23)19-10)9-7-8-11(24-2)15(21)13(9)18/h7-8,14,21H,4-6H2,1-3H3,(H2,19,20,23). The lowest BCUT2D eigenvalue weighted by Crippen LogP contribution is -2.46. The van der Waals surface area contributed by atoms with Crippen molar-refractivity contribution in [1.82, 2.24) is 10.6 Å². The predicted molar refractivity (Wildman–Crippen MR) is 95.3 cm³/mol. The van der Waals surface area contributed by atoms with Gasteiger partial charge in [-0.2, -0.15) is 0 Å². The molecule has 0 saturated carbocycles. The molecular formula is C17H21BrN2O5. The minimum atomic E-state index is -0.751. The van der Waals surface area contributed by atoms with Gasteiger partial charge in [-0.15, -0.1) is 0 Å². The first-order valence-corrected chi connectivity index (χ1v) is 8.68. The van der Waals surface area contributed by atoms with Crippen LogP contribution in [0, 0.1) is 0 Å². The maximum Gasteiger partial charge on any atom is 0.337 e. The highest BCUT2D eigenvalue weighted by atomic mass is 79.9. The molecule has 1 unspecified atom stereocenters. The second kappa shape index (κ2) is 8.24. The van der Waals surface area contributed by atoms with Crippen LogP contribution in [0.1, 0.15) is 37.8 Å². The fraction of sp³-hybridized carbons (Fsp3) is 0.412. The number of carbonyl (C=O) groups excluding carboxylic acids is 2. The van der Waals surface area contributed by atoms with E-state index in [9.17, 15) is 14.7 Å². The van der Waals surface area contributed by atoms with Crippen molar-refractivity contribution in [3.8, 4) is 11.5 Å². The molecule has 3 N–H and O–H groups in total. The van der Waals surface area contributed by atoms with Gasteiger partial charge in [0, 0.05) is 5.70 Å². The third kappa shape index (κ3) is 3.89. The highest BCUT2D eigenvalue weighted by molar-refractivity contribution is 9.10. The molecule has 0 radical (unpaired) electrons. The molecule has 0 aromatic heterocycles. The first kappa shape index (κ1) is 19.1. The Morgan fingerprint density at radius 3 is 2.68 bits per heavy atom. The maximum absolute atomic E-state index is 12.4. The number of ether oxygens (including phenoxy) is 2. The summed E-state index contributed by atoms with van der Waals surface area (Å²) >= 11 is 3.32. The monoisotopic (exact) mass is 412 g/mol. The molecule has 0 aliphatic carbocycles. The average molecular weight is 413 g/mol. The van der Waals surface area contributed by atoms with Crippen LogP contribution >= 0.6 is 15.9 Å². The number of methoxy groups -OCH3 is 2. The number of urea groups is 1. The predicted octanol–water partition coefficient (Wildman–Crippen LogP) is 3.13. The van der Waals surface area contributed by atoms with E-state index in [4.69, 9.17) is 9.47 Å². The highest BCUT2D eigenvalue weighted by Gasteiger charge is 2.35. The molecule has 0 fully saturated rings. The van der Waals surface area contributed by atoms with Crippen molar-refractivity contribution in [2.75, 3.05) is 14.2 Å². The topological polar surface area (TPSA) is 96.9 Å². The molecule has 1 aromatic carbocycles. The molecule has 2 amide bonds. The summed E-state index contributed by atoms with van der Waals surface area (Å²) in [7, 11) is 2.73. The second-order valence-electron chi connectivity index (χ2n) is 5.54. The van der Waals surface area contributed by atoms with Crippen LogP contribution in [0.4, 0.5) is 4.79 Å². The van der Waals surface area contributed by atoms with Gasteiger partial charge in [-0.1, -0.05) is 19.4 Å². The molecule has 1 aliphatic heterocycles. The molecule has 1 aromatic rings. The van der Waals surface area contributed by atoms with E-state index >= 15 is 0 Å². The van der Waals surface area contributed by atoms with Gasteiger partial charge in [0.15, 0.2) is 11.5 Å². The number of carbonyl (C=O) groups is 2. The van der Waals surface area contributed by atoms with Gasteiger partial charge in [-0.3, -0.25) is 0 Å². The minimum Gasteiger partial charge on any atom is -0.503 e. The fourth-order valence-corrected chi connectivity index (χ4v) is 3.26. The van der Waals surface area contributed by atoms with E-state index in [1.54, 1.807) is 12.1 Å². The Kier molecular flexibility index (Phi) is 6.30. The minimum absolute atomic E-state index is 0.105. The van der Waals surface area contributed by atoms with Gasteiger partial charge in [0.25, 0.3) is 0 Å². The number of nitrogens with one attached hydrogen (secondary N) is 2. The number of phenolic OH excluding ortho intramolecular Hbond substituents is 1. The summed E-state index contributed by atoms with van der Waals surface area (Å²) in [5.41, 5.74) is 1.38. The van der Waals surface area contributed by atoms with Crippen LogP contribution in [0.2, 0.25) is 0 Å². The zero-order valence-corrected chi connectivity index (χ0v) is 15.9. The molecule has 2 rings (SSSR count). The number of phenols is 1. The third-order valence-electron chi connectivity index (χ3n) is 3.98. The molecule has 0 saturated heterocycles. The van der Waals surface area contributed by atoms with Crippen molar-refractivity contribution < 1.29 is 24.2 Å². The van der Waals surface area contributed by atoms with Crippen LogP contribution in [-0.4, -0.2) is 31.3 Å². The molecule has 1 aliphatic rings. The summed E-state index contributed by atoms with van der Waals surface area (Å²) in [6.07, 6.45) is 2.28.